The van der Waals surface area contributed by atoms with E-state index in [4.69, 9.17) is 9.84 Å². The van der Waals surface area contributed by atoms with Gasteiger partial charge in [-0.15, -0.1) is 0 Å². The Bertz CT molecular complexity index is 1030. The summed E-state index contributed by atoms with van der Waals surface area (Å²) in [6.07, 6.45) is 5.45. The van der Waals surface area contributed by atoms with Crippen LogP contribution in [0.3, 0.4) is 0 Å². The van der Waals surface area contributed by atoms with Gasteiger partial charge in [-0.25, -0.2) is 0 Å². The zero-order chi connectivity index (χ0) is 23.8. The van der Waals surface area contributed by atoms with Crippen molar-refractivity contribution < 1.29 is 14.3 Å². The van der Waals surface area contributed by atoms with Crippen molar-refractivity contribution in [1.82, 2.24) is 20.0 Å². The maximum atomic E-state index is 13.8. The van der Waals surface area contributed by atoms with Gasteiger partial charge in [0.1, 0.15) is 17.0 Å². The number of nitrogens with one attached hydrogen (secondary N) is 1. The number of benzene rings is 1. The Kier molecular flexibility index (Phi) is 6.25. The lowest BCUT2D eigenvalue weighted by Gasteiger charge is -2.44. The molecule has 4 rings (SSSR count). The highest BCUT2D eigenvalue weighted by atomic mass is 16.5. The number of ether oxygens (including phenoxy) is 1. The van der Waals surface area contributed by atoms with Crippen LogP contribution < -0.4 is 10.1 Å². The third kappa shape index (κ3) is 4.50. The minimum absolute atomic E-state index is 0.115. The molecule has 2 aromatic rings. The fourth-order valence-electron chi connectivity index (χ4n) is 4.85. The maximum Gasteiger partial charge on any atom is 0.273 e. The van der Waals surface area contributed by atoms with E-state index in [0.717, 1.165) is 36.9 Å². The summed E-state index contributed by atoms with van der Waals surface area (Å²) in [5.74, 6) is 0.405. The van der Waals surface area contributed by atoms with Gasteiger partial charge in [0.2, 0.25) is 5.91 Å². The summed E-state index contributed by atoms with van der Waals surface area (Å²) in [7, 11) is 1.62. The first-order valence-electron chi connectivity index (χ1n) is 12.0. The zero-order valence-electron chi connectivity index (χ0n) is 20.5. The van der Waals surface area contributed by atoms with Crippen LogP contribution in [0, 0.1) is 0 Å². The van der Waals surface area contributed by atoms with Crippen molar-refractivity contribution >= 4 is 11.8 Å². The van der Waals surface area contributed by atoms with Gasteiger partial charge in [0, 0.05) is 17.0 Å². The Morgan fingerprint density at radius 1 is 1.21 bits per heavy atom. The molecule has 2 amide bonds. The third-order valence-electron chi connectivity index (χ3n) is 7.02. The van der Waals surface area contributed by atoms with E-state index >= 15 is 0 Å². The van der Waals surface area contributed by atoms with Crippen LogP contribution >= 0.6 is 0 Å². The van der Waals surface area contributed by atoms with Gasteiger partial charge in [0.25, 0.3) is 5.91 Å². The molecule has 1 aliphatic carbocycles. The van der Waals surface area contributed by atoms with Crippen LogP contribution in [0.1, 0.15) is 81.5 Å². The van der Waals surface area contributed by atoms with Gasteiger partial charge in [-0.3, -0.25) is 14.3 Å². The van der Waals surface area contributed by atoms with Crippen LogP contribution in [0.2, 0.25) is 0 Å². The number of hydrogen-bond donors (Lipinski definition) is 1. The quantitative estimate of drug-likeness (QED) is 0.742. The molecule has 7 nitrogen and oxygen atoms in total. The number of fused-ring (bicyclic) bond motifs is 1. The first-order valence-corrected chi connectivity index (χ1v) is 12.0. The topological polar surface area (TPSA) is 76.5 Å². The second-order valence-corrected chi connectivity index (χ2v) is 10.6. The van der Waals surface area contributed by atoms with Crippen molar-refractivity contribution in [1.29, 1.82) is 0 Å². The second-order valence-electron chi connectivity index (χ2n) is 10.6. The van der Waals surface area contributed by atoms with Crippen LogP contribution in [-0.2, 0) is 23.3 Å². The van der Waals surface area contributed by atoms with Gasteiger partial charge >= 0.3 is 0 Å². The minimum Gasteiger partial charge on any atom is -0.496 e. The molecule has 0 saturated heterocycles. The molecule has 1 fully saturated rings. The highest BCUT2D eigenvalue weighted by Crippen LogP contribution is 2.33. The molecule has 0 unspecified atom stereocenters. The van der Waals surface area contributed by atoms with Crippen LogP contribution in [0.25, 0.3) is 0 Å². The van der Waals surface area contributed by atoms with Gasteiger partial charge in [-0.1, -0.05) is 58.2 Å². The van der Waals surface area contributed by atoms with Crippen LogP contribution in [0.15, 0.2) is 30.3 Å². The molecule has 7 heteroatoms. The Morgan fingerprint density at radius 2 is 1.91 bits per heavy atom. The average Bonchev–Trinajstić information content (AvgIpc) is 3.22. The summed E-state index contributed by atoms with van der Waals surface area (Å²) in [5.41, 5.74) is 0.981. The number of rotatable bonds is 5. The Morgan fingerprint density at radius 3 is 2.58 bits per heavy atom. The van der Waals surface area contributed by atoms with Gasteiger partial charge in [0.05, 0.1) is 25.9 Å². The minimum atomic E-state index is -1.07. The molecule has 178 valence electrons. The first-order chi connectivity index (χ1) is 15.6. The molecule has 0 radical (unpaired) electrons. The van der Waals surface area contributed by atoms with Crippen molar-refractivity contribution in [2.45, 2.75) is 89.9 Å². The van der Waals surface area contributed by atoms with Gasteiger partial charge in [-0.05, 0) is 31.9 Å². The Labute approximate surface area is 196 Å². The standard InChI is InChI=1S/C26H36N4O3/c1-25(2,3)22-15-20-23(31)29(16-18-11-9-10-14-21(18)33-5)26(4,17-30(20)28-22)24(32)27-19-12-7-6-8-13-19/h9-11,14-15,19H,6-8,12-13,16-17H2,1-5H3,(H,27,32)/t26-/m0/s1. The number of nitrogens with zero attached hydrogens (tertiary/aromatic N) is 3. The monoisotopic (exact) mass is 452 g/mol. The van der Waals surface area contributed by atoms with Gasteiger partial charge in [0.15, 0.2) is 0 Å². The molecule has 33 heavy (non-hydrogen) atoms. The van der Waals surface area contributed by atoms with Crippen molar-refractivity contribution in [3.8, 4) is 5.75 Å². The van der Waals surface area contributed by atoms with E-state index in [-0.39, 0.29) is 29.8 Å². The molecule has 2 aliphatic rings. The zero-order valence-corrected chi connectivity index (χ0v) is 20.5. The smallest absolute Gasteiger partial charge is 0.273 e. The van der Waals surface area contributed by atoms with E-state index in [2.05, 4.69) is 26.1 Å². The van der Waals surface area contributed by atoms with E-state index in [1.807, 2.05) is 37.3 Å². The highest BCUT2D eigenvalue weighted by molar-refractivity contribution is 5.99. The third-order valence-corrected chi connectivity index (χ3v) is 7.02. The summed E-state index contributed by atoms with van der Waals surface area (Å²) in [6, 6.07) is 9.68. The maximum absolute atomic E-state index is 13.8. The Balaban J connectivity index is 1.72. The van der Waals surface area contributed by atoms with E-state index in [1.165, 1.54) is 6.42 Å². The highest BCUT2D eigenvalue weighted by Gasteiger charge is 2.49. The number of hydrogen-bond acceptors (Lipinski definition) is 4. The molecule has 1 N–H and O–H groups in total. The molecular formula is C26H36N4O3. The van der Waals surface area contributed by atoms with E-state index in [1.54, 1.807) is 16.7 Å². The fourth-order valence-corrected chi connectivity index (χ4v) is 4.85. The first kappa shape index (κ1) is 23.3. The molecule has 2 heterocycles. The lowest BCUT2D eigenvalue weighted by Crippen LogP contribution is -2.64. The van der Waals surface area contributed by atoms with Crippen molar-refractivity contribution in [2.24, 2.45) is 0 Å². The largest absolute Gasteiger partial charge is 0.496 e. The average molecular weight is 453 g/mol. The van der Waals surface area contributed by atoms with Crippen LogP contribution in [-0.4, -0.2) is 45.2 Å². The van der Waals surface area contributed by atoms with Crippen LogP contribution in [0.4, 0.5) is 0 Å². The number of carbonyl (C=O) groups is 2. The summed E-state index contributed by atoms with van der Waals surface area (Å²) in [4.78, 5) is 29.2. The molecular weight excluding hydrogens is 416 g/mol. The van der Waals surface area contributed by atoms with Gasteiger partial charge in [-0.2, -0.15) is 5.10 Å². The van der Waals surface area contributed by atoms with Gasteiger partial charge < -0.3 is 15.0 Å². The lowest BCUT2D eigenvalue weighted by atomic mass is 9.90. The lowest BCUT2D eigenvalue weighted by molar-refractivity contribution is -0.134. The van der Waals surface area contributed by atoms with Crippen molar-refractivity contribution in [3.05, 3.63) is 47.3 Å². The predicted octanol–water partition coefficient (Wildman–Crippen LogP) is 4.05. The van der Waals surface area contributed by atoms with Crippen LogP contribution in [0.5, 0.6) is 5.75 Å². The summed E-state index contributed by atoms with van der Waals surface area (Å²) in [5, 5.41) is 7.99. The molecule has 1 atom stereocenters. The SMILES string of the molecule is COc1ccccc1CN1C(=O)c2cc(C(C)(C)C)nn2C[C@@]1(C)C(=O)NC1CCCCC1. The summed E-state index contributed by atoms with van der Waals surface area (Å²) >= 11 is 0. The molecule has 1 aromatic heterocycles. The summed E-state index contributed by atoms with van der Waals surface area (Å²) in [6.45, 7) is 8.69. The number of methoxy groups -OCH3 is 1. The fraction of sp³-hybridized carbons (Fsp3) is 0.577. The van der Waals surface area contributed by atoms with Crippen molar-refractivity contribution in [3.63, 3.8) is 0 Å². The molecule has 1 aromatic carbocycles. The Hall–Kier alpha value is -2.83. The molecule has 1 aliphatic heterocycles. The normalized spacial score (nSPS) is 21.6. The number of amides is 2. The number of para-hydroxylation sites is 1. The predicted molar refractivity (Wildman–Crippen MR) is 127 cm³/mol. The number of carbonyl (C=O) groups excluding carboxylic acids is 2. The molecule has 0 spiro atoms. The molecule has 1 saturated carbocycles. The molecule has 0 bridgehead atoms. The second kappa shape index (κ2) is 8.84. The summed E-state index contributed by atoms with van der Waals surface area (Å²) < 4.78 is 7.26. The van der Waals surface area contributed by atoms with E-state index < -0.39 is 5.54 Å². The number of aromatic nitrogens is 2. The van der Waals surface area contributed by atoms with E-state index in [0.29, 0.717) is 18.0 Å². The van der Waals surface area contributed by atoms with Crippen molar-refractivity contribution in [2.75, 3.05) is 7.11 Å². The van der Waals surface area contributed by atoms with E-state index in [9.17, 15) is 9.59 Å².